The topological polar surface area (TPSA) is 55.4 Å². The van der Waals surface area contributed by atoms with Gasteiger partial charge in [-0.15, -0.1) is 0 Å². The SMILES string of the molecule is CC1CCC(NC(=O)COC(=O)c2cc(F)c(Cl)cc2Cl)CC1. The first-order valence-electron chi connectivity index (χ1n) is 7.48. The fourth-order valence-corrected chi connectivity index (χ4v) is 3.02. The van der Waals surface area contributed by atoms with E-state index in [-0.39, 0.29) is 27.6 Å². The number of carbonyl (C=O) groups excluding carboxylic acids is 2. The zero-order chi connectivity index (χ0) is 17.0. The third kappa shape index (κ3) is 5.08. The molecule has 1 fully saturated rings. The van der Waals surface area contributed by atoms with Crippen LogP contribution in [0.1, 0.15) is 43.0 Å². The van der Waals surface area contributed by atoms with E-state index in [0.717, 1.165) is 37.8 Å². The summed E-state index contributed by atoms with van der Waals surface area (Å²) in [7, 11) is 0. The van der Waals surface area contributed by atoms with Crippen LogP contribution in [0.2, 0.25) is 10.0 Å². The summed E-state index contributed by atoms with van der Waals surface area (Å²) >= 11 is 11.4. The summed E-state index contributed by atoms with van der Waals surface area (Å²) in [6.07, 6.45) is 4.00. The number of halogens is 3. The lowest BCUT2D eigenvalue weighted by molar-refractivity contribution is -0.125. The average Bonchev–Trinajstić information content (AvgIpc) is 2.51. The quantitative estimate of drug-likeness (QED) is 0.651. The highest BCUT2D eigenvalue weighted by atomic mass is 35.5. The second-order valence-electron chi connectivity index (χ2n) is 5.85. The van der Waals surface area contributed by atoms with Crippen LogP contribution in [0.4, 0.5) is 4.39 Å². The van der Waals surface area contributed by atoms with Crippen molar-refractivity contribution >= 4 is 35.1 Å². The summed E-state index contributed by atoms with van der Waals surface area (Å²) in [5.74, 6) is -1.33. The largest absolute Gasteiger partial charge is 0.452 e. The van der Waals surface area contributed by atoms with Gasteiger partial charge >= 0.3 is 5.97 Å². The number of rotatable bonds is 4. The molecule has 1 aromatic carbocycles. The monoisotopic (exact) mass is 361 g/mol. The van der Waals surface area contributed by atoms with Crippen LogP contribution in [0, 0.1) is 11.7 Å². The summed E-state index contributed by atoms with van der Waals surface area (Å²) in [6, 6.07) is 2.14. The molecule has 0 spiro atoms. The predicted molar refractivity (Wildman–Crippen MR) is 86.3 cm³/mol. The molecule has 7 heteroatoms. The Kier molecular flexibility index (Phi) is 6.25. The van der Waals surface area contributed by atoms with Crippen LogP contribution in [-0.4, -0.2) is 24.5 Å². The summed E-state index contributed by atoms with van der Waals surface area (Å²) in [5.41, 5.74) is -0.159. The molecule has 0 saturated heterocycles. The maximum Gasteiger partial charge on any atom is 0.340 e. The molecule has 1 aliphatic rings. The van der Waals surface area contributed by atoms with Gasteiger partial charge in [-0.05, 0) is 43.7 Å². The number of carbonyl (C=O) groups is 2. The predicted octanol–water partition coefficient (Wildman–Crippen LogP) is 3.98. The van der Waals surface area contributed by atoms with Crippen molar-refractivity contribution in [2.24, 2.45) is 5.92 Å². The molecular formula is C16H18Cl2FNO3. The van der Waals surface area contributed by atoms with Crippen molar-refractivity contribution < 1.29 is 18.7 Å². The number of amides is 1. The summed E-state index contributed by atoms with van der Waals surface area (Å²) in [5, 5.41) is 2.63. The standard InChI is InChI=1S/C16H18Cl2FNO3/c1-9-2-4-10(5-3-9)20-15(21)8-23-16(22)11-6-14(19)13(18)7-12(11)17/h6-7,9-10H,2-5,8H2,1H3,(H,20,21). The van der Waals surface area contributed by atoms with Gasteiger partial charge in [0.05, 0.1) is 15.6 Å². The molecule has 0 heterocycles. The van der Waals surface area contributed by atoms with Gasteiger partial charge in [0.2, 0.25) is 0 Å². The first-order chi connectivity index (χ1) is 10.9. The Hall–Kier alpha value is -1.33. The number of hydrogen-bond acceptors (Lipinski definition) is 3. The Balaban J connectivity index is 1.84. The molecule has 4 nitrogen and oxygen atoms in total. The molecule has 0 aliphatic heterocycles. The van der Waals surface area contributed by atoms with E-state index in [2.05, 4.69) is 12.2 Å². The third-order valence-electron chi connectivity index (χ3n) is 3.95. The normalized spacial score (nSPS) is 20.9. The van der Waals surface area contributed by atoms with Crippen LogP contribution in [0.3, 0.4) is 0 Å². The molecule has 0 bridgehead atoms. The van der Waals surface area contributed by atoms with Gasteiger partial charge in [0.25, 0.3) is 5.91 Å². The molecule has 1 aliphatic carbocycles. The van der Waals surface area contributed by atoms with E-state index in [1.807, 2.05) is 0 Å². The van der Waals surface area contributed by atoms with Gasteiger partial charge in [-0.3, -0.25) is 4.79 Å². The Morgan fingerprint density at radius 1 is 1.22 bits per heavy atom. The van der Waals surface area contributed by atoms with Crippen LogP contribution in [-0.2, 0) is 9.53 Å². The van der Waals surface area contributed by atoms with E-state index in [1.54, 1.807) is 0 Å². The van der Waals surface area contributed by atoms with Gasteiger partial charge in [0, 0.05) is 6.04 Å². The molecule has 0 unspecified atom stereocenters. The summed E-state index contributed by atoms with van der Waals surface area (Å²) in [6.45, 7) is 1.76. The highest BCUT2D eigenvalue weighted by molar-refractivity contribution is 6.36. The number of hydrogen-bond donors (Lipinski definition) is 1. The minimum Gasteiger partial charge on any atom is -0.452 e. The van der Waals surface area contributed by atoms with E-state index in [0.29, 0.717) is 5.92 Å². The first-order valence-corrected chi connectivity index (χ1v) is 8.23. The minimum absolute atomic E-state index is 0.0249. The van der Waals surface area contributed by atoms with Gasteiger partial charge < -0.3 is 10.1 Å². The zero-order valence-electron chi connectivity index (χ0n) is 12.7. The van der Waals surface area contributed by atoms with Gasteiger partial charge in [-0.25, -0.2) is 9.18 Å². The molecule has 0 atom stereocenters. The van der Waals surface area contributed by atoms with Crippen molar-refractivity contribution in [3.63, 3.8) is 0 Å². The Morgan fingerprint density at radius 3 is 2.52 bits per heavy atom. The second kappa shape index (κ2) is 7.97. The maximum absolute atomic E-state index is 13.4. The van der Waals surface area contributed by atoms with Crippen molar-refractivity contribution in [2.45, 2.75) is 38.6 Å². The smallest absolute Gasteiger partial charge is 0.340 e. The van der Waals surface area contributed by atoms with Gasteiger partial charge in [0.15, 0.2) is 6.61 Å². The number of esters is 1. The lowest BCUT2D eigenvalue weighted by atomic mass is 9.87. The van der Waals surface area contributed by atoms with Crippen LogP contribution in [0.25, 0.3) is 0 Å². The van der Waals surface area contributed by atoms with E-state index in [1.165, 1.54) is 0 Å². The summed E-state index contributed by atoms with van der Waals surface area (Å²) in [4.78, 5) is 23.7. The van der Waals surface area contributed by atoms with Gasteiger partial charge in [0.1, 0.15) is 5.82 Å². The molecule has 23 heavy (non-hydrogen) atoms. The van der Waals surface area contributed by atoms with Crippen LogP contribution < -0.4 is 5.32 Å². The fraction of sp³-hybridized carbons (Fsp3) is 0.500. The number of benzene rings is 1. The van der Waals surface area contributed by atoms with Crippen molar-refractivity contribution in [3.05, 3.63) is 33.6 Å². The summed E-state index contributed by atoms with van der Waals surface area (Å²) < 4.78 is 18.3. The fourth-order valence-electron chi connectivity index (χ4n) is 2.56. The lowest BCUT2D eigenvalue weighted by Gasteiger charge is -2.26. The second-order valence-corrected chi connectivity index (χ2v) is 6.66. The Morgan fingerprint density at radius 2 is 1.87 bits per heavy atom. The van der Waals surface area contributed by atoms with E-state index in [4.69, 9.17) is 27.9 Å². The molecule has 126 valence electrons. The maximum atomic E-state index is 13.4. The van der Waals surface area contributed by atoms with Crippen molar-refractivity contribution in [1.29, 1.82) is 0 Å². The Bertz CT molecular complexity index is 601. The minimum atomic E-state index is -0.863. The molecule has 1 saturated carbocycles. The van der Waals surface area contributed by atoms with E-state index >= 15 is 0 Å². The molecule has 1 aromatic rings. The molecule has 1 amide bonds. The number of nitrogens with one attached hydrogen (secondary N) is 1. The first kappa shape index (κ1) is 18.0. The van der Waals surface area contributed by atoms with Crippen molar-refractivity contribution in [1.82, 2.24) is 5.32 Å². The van der Waals surface area contributed by atoms with Crippen LogP contribution >= 0.6 is 23.2 Å². The zero-order valence-corrected chi connectivity index (χ0v) is 14.2. The highest BCUT2D eigenvalue weighted by Gasteiger charge is 2.21. The highest BCUT2D eigenvalue weighted by Crippen LogP contribution is 2.25. The number of ether oxygens (including phenoxy) is 1. The lowest BCUT2D eigenvalue weighted by Crippen LogP contribution is -2.39. The van der Waals surface area contributed by atoms with Crippen LogP contribution in [0.5, 0.6) is 0 Å². The average molecular weight is 362 g/mol. The van der Waals surface area contributed by atoms with Gasteiger partial charge in [-0.1, -0.05) is 30.1 Å². The van der Waals surface area contributed by atoms with E-state index < -0.39 is 18.4 Å². The molecule has 0 aromatic heterocycles. The molecular weight excluding hydrogens is 344 g/mol. The molecule has 2 rings (SSSR count). The van der Waals surface area contributed by atoms with Gasteiger partial charge in [-0.2, -0.15) is 0 Å². The van der Waals surface area contributed by atoms with Crippen molar-refractivity contribution in [2.75, 3.05) is 6.61 Å². The van der Waals surface area contributed by atoms with Crippen LogP contribution in [0.15, 0.2) is 12.1 Å². The third-order valence-corrected chi connectivity index (χ3v) is 4.55. The molecule has 1 N–H and O–H groups in total. The molecule has 0 radical (unpaired) electrons. The van der Waals surface area contributed by atoms with Crippen molar-refractivity contribution in [3.8, 4) is 0 Å². The van der Waals surface area contributed by atoms with E-state index in [9.17, 15) is 14.0 Å². The Labute approximate surface area is 144 Å².